The van der Waals surface area contributed by atoms with Gasteiger partial charge in [-0.3, -0.25) is 4.79 Å². The molecular weight excluding hydrogens is 545 g/mol. The van der Waals surface area contributed by atoms with Crippen molar-refractivity contribution in [1.82, 2.24) is 0 Å². The highest BCUT2D eigenvalue weighted by Gasteiger charge is 2.54. The molecule has 0 radical (unpaired) electrons. The monoisotopic (exact) mass is 583 g/mol. The molecule has 0 aliphatic carbocycles. The lowest BCUT2D eigenvalue weighted by molar-refractivity contribution is -0.00542. The van der Waals surface area contributed by atoms with Crippen molar-refractivity contribution in [3.8, 4) is 0 Å². The second kappa shape index (κ2) is 12.1. The van der Waals surface area contributed by atoms with Crippen LogP contribution in [0.25, 0.3) is 0 Å². The van der Waals surface area contributed by atoms with Crippen molar-refractivity contribution in [1.29, 1.82) is 0 Å². The molecule has 0 amide bonds. The van der Waals surface area contributed by atoms with Gasteiger partial charge in [0.1, 0.15) is 6.61 Å². The molecule has 1 N–H and O–H groups in total. The molecule has 1 aliphatic heterocycles. The summed E-state index contributed by atoms with van der Waals surface area (Å²) in [5, 5.41) is 14.3. The highest BCUT2D eigenvalue weighted by Crippen LogP contribution is 2.47. The van der Waals surface area contributed by atoms with Crippen molar-refractivity contribution < 1.29 is 23.8 Å². The van der Waals surface area contributed by atoms with Crippen molar-refractivity contribution in [3.63, 3.8) is 0 Å². The van der Waals surface area contributed by atoms with Gasteiger partial charge in [0, 0.05) is 25.8 Å². The molecule has 3 aromatic carbocycles. The molecule has 1 saturated heterocycles. The van der Waals surface area contributed by atoms with Crippen LogP contribution in [0, 0.1) is 5.82 Å². The lowest BCUT2D eigenvalue weighted by Crippen LogP contribution is -2.68. The van der Waals surface area contributed by atoms with E-state index >= 15 is 4.39 Å². The normalized spacial score (nSPS) is 19.0. The van der Waals surface area contributed by atoms with Crippen LogP contribution in [-0.4, -0.2) is 58.0 Å². The number of rotatable bonds is 8. The number of anilines is 1. The predicted octanol–water partition coefficient (Wildman–Crippen LogP) is 5.56. The van der Waals surface area contributed by atoms with Gasteiger partial charge in [0.05, 0.1) is 34.2 Å². The number of halogens is 2. The summed E-state index contributed by atoms with van der Waals surface area (Å²) in [5.74, 6) is -1.33. The van der Waals surface area contributed by atoms with Crippen LogP contribution < -0.4 is 15.3 Å². The summed E-state index contributed by atoms with van der Waals surface area (Å²) in [6.07, 6.45) is -0.323. The predicted molar refractivity (Wildman–Crippen MR) is 162 cm³/mol. The van der Waals surface area contributed by atoms with Crippen LogP contribution in [0.3, 0.4) is 0 Å². The Kier molecular flexibility index (Phi) is 9.22. The Morgan fingerprint density at radius 3 is 2.02 bits per heavy atom. The standard InChI is InChI=1S/C32H39ClFNO4Si/c1-21-18-35(19-22(2)39-21)30-25(17-26(33)29(34)28(30)27(36)20-38-6)31(37)40(32(3,4)5,23-13-9-7-10-14-23)24-15-11-8-12-16-24/h7-17,21-22,31,37H,18-20H2,1-6H3/t21-,22+,31?. The van der Waals surface area contributed by atoms with Crippen LogP contribution in [0.15, 0.2) is 66.7 Å². The van der Waals surface area contributed by atoms with Crippen LogP contribution in [0.1, 0.15) is 56.3 Å². The van der Waals surface area contributed by atoms with Gasteiger partial charge in [-0.1, -0.05) is 103 Å². The van der Waals surface area contributed by atoms with Crippen LogP contribution in [0.2, 0.25) is 10.1 Å². The molecule has 1 fully saturated rings. The quantitative estimate of drug-likeness (QED) is 0.278. The van der Waals surface area contributed by atoms with Gasteiger partial charge in [-0.05, 0) is 25.0 Å². The molecule has 0 bridgehead atoms. The Morgan fingerprint density at radius 1 is 1.07 bits per heavy atom. The number of nitrogens with zero attached hydrogens (tertiary/aromatic N) is 1. The van der Waals surface area contributed by atoms with Crippen molar-refractivity contribution >= 4 is 41.5 Å². The zero-order chi connectivity index (χ0) is 29.2. The van der Waals surface area contributed by atoms with Crippen molar-refractivity contribution in [2.75, 3.05) is 31.7 Å². The van der Waals surface area contributed by atoms with Gasteiger partial charge in [-0.15, -0.1) is 0 Å². The van der Waals surface area contributed by atoms with E-state index < -0.39 is 30.4 Å². The fourth-order valence-corrected chi connectivity index (χ4v) is 12.2. The van der Waals surface area contributed by atoms with E-state index in [1.165, 1.54) is 13.2 Å². The van der Waals surface area contributed by atoms with Crippen LogP contribution in [0.4, 0.5) is 10.1 Å². The number of carbonyl (C=O) groups excluding carboxylic acids is 1. The maximum Gasteiger partial charge on any atom is 0.193 e. The molecule has 1 unspecified atom stereocenters. The summed E-state index contributed by atoms with van der Waals surface area (Å²) in [5.41, 5.74) is -0.413. The van der Waals surface area contributed by atoms with E-state index in [-0.39, 0.29) is 29.4 Å². The maximum absolute atomic E-state index is 15.9. The third-order valence-electron chi connectivity index (χ3n) is 7.86. The first kappa shape index (κ1) is 30.4. The molecule has 8 heteroatoms. The molecule has 3 aromatic rings. The van der Waals surface area contributed by atoms with Crippen molar-refractivity contribution in [2.24, 2.45) is 0 Å². The zero-order valence-electron chi connectivity index (χ0n) is 24.1. The molecule has 3 atom stereocenters. The molecular formula is C32H39ClFNO4Si. The Bertz CT molecular complexity index is 1280. The van der Waals surface area contributed by atoms with Crippen LogP contribution in [-0.2, 0) is 9.47 Å². The average molecular weight is 584 g/mol. The van der Waals surface area contributed by atoms with Gasteiger partial charge in [-0.2, -0.15) is 0 Å². The lowest BCUT2D eigenvalue weighted by atomic mass is 10.00. The summed E-state index contributed by atoms with van der Waals surface area (Å²) in [6, 6.07) is 21.6. The topological polar surface area (TPSA) is 59.0 Å². The molecule has 0 spiro atoms. The lowest BCUT2D eigenvalue weighted by Gasteiger charge is -2.48. The first-order chi connectivity index (χ1) is 18.9. The van der Waals surface area contributed by atoms with Crippen molar-refractivity contribution in [2.45, 2.75) is 57.6 Å². The first-order valence-corrected chi connectivity index (χ1v) is 16.1. The van der Waals surface area contributed by atoms with E-state index in [4.69, 9.17) is 21.1 Å². The Labute approximate surface area is 242 Å². The second-order valence-corrected chi connectivity index (χ2v) is 16.9. The summed E-state index contributed by atoms with van der Waals surface area (Å²) in [7, 11) is -1.77. The number of carbonyl (C=O) groups is 1. The van der Waals surface area contributed by atoms with E-state index in [0.717, 1.165) is 10.4 Å². The largest absolute Gasteiger partial charge is 0.391 e. The highest BCUT2D eigenvalue weighted by molar-refractivity contribution is 7.04. The number of aliphatic hydroxyl groups is 1. The summed E-state index contributed by atoms with van der Waals surface area (Å²) >= 11 is 6.52. The summed E-state index contributed by atoms with van der Waals surface area (Å²) < 4.78 is 27.0. The molecule has 4 rings (SSSR count). The highest BCUT2D eigenvalue weighted by atomic mass is 35.5. The SMILES string of the molecule is COCC(=O)c1c(F)c(Cl)cc(C(O)[Si](c2ccccc2)(c2ccccc2)C(C)(C)C)c1N1C[C@@H](C)O[C@@H](C)C1. The van der Waals surface area contributed by atoms with Gasteiger partial charge in [0.15, 0.2) is 19.7 Å². The first-order valence-electron chi connectivity index (χ1n) is 13.7. The number of methoxy groups -OCH3 is 1. The molecule has 0 aromatic heterocycles. The molecule has 214 valence electrons. The molecule has 1 heterocycles. The number of morpholine rings is 1. The third-order valence-corrected chi connectivity index (χ3v) is 14.1. The van der Waals surface area contributed by atoms with Crippen LogP contribution >= 0.6 is 11.6 Å². The average Bonchev–Trinajstić information content (AvgIpc) is 2.90. The number of hydrogen-bond acceptors (Lipinski definition) is 5. The Balaban J connectivity index is 2.11. The van der Waals surface area contributed by atoms with Gasteiger partial charge < -0.3 is 19.5 Å². The number of aliphatic hydroxyl groups excluding tert-OH is 1. The molecule has 5 nitrogen and oxygen atoms in total. The smallest absolute Gasteiger partial charge is 0.193 e. The molecule has 1 aliphatic rings. The summed E-state index contributed by atoms with van der Waals surface area (Å²) in [6.45, 7) is 10.9. The van der Waals surface area contributed by atoms with Gasteiger partial charge in [0.2, 0.25) is 0 Å². The minimum atomic E-state index is -3.16. The Hall–Kier alpha value is -2.55. The zero-order valence-corrected chi connectivity index (χ0v) is 25.8. The van der Waals surface area contributed by atoms with E-state index in [9.17, 15) is 9.90 Å². The number of hydrogen-bond donors (Lipinski definition) is 1. The van der Waals surface area contributed by atoms with E-state index in [1.807, 2.05) is 55.1 Å². The van der Waals surface area contributed by atoms with E-state index in [0.29, 0.717) is 24.3 Å². The fourth-order valence-electron chi connectivity index (χ4n) is 6.40. The fraction of sp³-hybridized carbons (Fsp3) is 0.406. The minimum absolute atomic E-state index is 0.150. The third kappa shape index (κ3) is 5.50. The molecule has 40 heavy (non-hydrogen) atoms. The van der Waals surface area contributed by atoms with E-state index in [2.05, 4.69) is 45.0 Å². The van der Waals surface area contributed by atoms with Crippen LogP contribution in [0.5, 0.6) is 0 Å². The molecule has 0 saturated carbocycles. The number of benzene rings is 3. The Morgan fingerprint density at radius 2 is 1.57 bits per heavy atom. The van der Waals surface area contributed by atoms with Gasteiger partial charge >= 0.3 is 0 Å². The van der Waals surface area contributed by atoms with Gasteiger partial charge in [-0.25, -0.2) is 4.39 Å². The minimum Gasteiger partial charge on any atom is -0.391 e. The van der Waals surface area contributed by atoms with Crippen molar-refractivity contribution in [3.05, 3.63) is 88.7 Å². The maximum atomic E-state index is 15.9. The second-order valence-electron chi connectivity index (χ2n) is 11.7. The van der Waals surface area contributed by atoms with E-state index in [1.54, 1.807) is 0 Å². The van der Waals surface area contributed by atoms with Gasteiger partial charge in [0.25, 0.3) is 0 Å². The number of Topliss-reactive ketones (excluding diaryl/α,β-unsaturated/α-hetero) is 1. The number of ketones is 1. The number of ether oxygens (including phenoxy) is 2. The summed E-state index contributed by atoms with van der Waals surface area (Å²) in [4.78, 5) is 15.4.